The Balaban J connectivity index is 1.79. The number of aromatic nitrogens is 3. The van der Waals surface area contributed by atoms with E-state index in [1.807, 2.05) is 60.8 Å². The summed E-state index contributed by atoms with van der Waals surface area (Å²) in [6, 6.07) is 17.4. The first-order valence-corrected chi connectivity index (χ1v) is 8.72. The van der Waals surface area contributed by atoms with Crippen LogP contribution in [0.1, 0.15) is 5.56 Å². The summed E-state index contributed by atoms with van der Waals surface area (Å²) in [7, 11) is 0. The number of H-pyrrole nitrogens is 2. The smallest absolute Gasteiger partial charge is 0.361 e. The van der Waals surface area contributed by atoms with Gasteiger partial charge in [0.15, 0.2) is 5.42 Å². The summed E-state index contributed by atoms with van der Waals surface area (Å²) in [6.45, 7) is 3.87. The Morgan fingerprint density at radius 1 is 1.04 bits per heavy atom. The van der Waals surface area contributed by atoms with Gasteiger partial charge in [0.25, 0.3) is 0 Å². The zero-order chi connectivity index (χ0) is 19.1. The summed E-state index contributed by atoms with van der Waals surface area (Å²) in [5, 5.41) is 5.96. The number of hydrogen-bond acceptors (Lipinski definition) is 4. The van der Waals surface area contributed by atoms with Crippen molar-refractivity contribution >= 4 is 23.6 Å². The summed E-state index contributed by atoms with van der Waals surface area (Å²) in [5.41, 5.74) is 3.41. The van der Waals surface area contributed by atoms with Crippen LogP contribution in [0, 0.1) is 10.8 Å². The predicted molar refractivity (Wildman–Crippen MR) is 106 cm³/mol. The highest BCUT2D eigenvalue weighted by Crippen LogP contribution is 2.18. The van der Waals surface area contributed by atoms with E-state index < -0.39 is 5.63 Å². The molecular weight excluding hydrogens is 354 g/mol. The van der Waals surface area contributed by atoms with Crippen molar-refractivity contribution in [1.29, 1.82) is 0 Å². The van der Waals surface area contributed by atoms with Crippen LogP contribution in [0.4, 0.5) is 0 Å². The maximum atomic E-state index is 12.4. The van der Waals surface area contributed by atoms with Gasteiger partial charge >= 0.3 is 5.63 Å². The molecule has 0 fully saturated rings. The molecule has 0 spiro atoms. The lowest BCUT2D eigenvalue weighted by molar-refractivity contribution is 0.396. The lowest BCUT2D eigenvalue weighted by Gasteiger charge is -1.92. The number of benzene rings is 2. The molecule has 5 aromatic rings. The molecule has 0 bridgehead atoms. The van der Waals surface area contributed by atoms with Crippen LogP contribution in [0.25, 0.3) is 34.8 Å². The van der Waals surface area contributed by atoms with Crippen molar-refractivity contribution in [2.24, 2.45) is 0 Å². The highest BCUT2D eigenvalue weighted by atomic mass is 16.5. The predicted octanol–water partition coefficient (Wildman–Crippen LogP) is 2.63. The van der Waals surface area contributed by atoms with Gasteiger partial charge in [-0.2, -0.15) is 0 Å². The van der Waals surface area contributed by atoms with Gasteiger partial charge in [-0.25, -0.2) is 4.79 Å². The van der Waals surface area contributed by atoms with E-state index in [1.165, 1.54) is 0 Å². The fourth-order valence-electron chi connectivity index (χ4n) is 3.28. The van der Waals surface area contributed by atoms with Gasteiger partial charge in [0.2, 0.25) is 5.55 Å². The average Bonchev–Trinajstić information content (AvgIpc) is 3.41. The Morgan fingerprint density at radius 3 is 2.68 bits per heavy atom. The molecular formula is C22H15N3O3. The summed E-state index contributed by atoms with van der Waals surface area (Å²) < 4.78 is 10.7. The Labute approximate surface area is 157 Å². The lowest BCUT2D eigenvalue weighted by atomic mass is 10.1. The molecule has 3 heterocycles. The topological polar surface area (TPSA) is 87.8 Å². The molecule has 0 aliphatic rings. The number of nitrogens with zero attached hydrogens (tertiary/aromatic N) is 1. The molecule has 0 aliphatic heterocycles. The Kier molecular flexibility index (Phi) is 3.62. The molecule has 28 heavy (non-hydrogen) atoms. The second-order valence-corrected chi connectivity index (χ2v) is 6.39. The van der Waals surface area contributed by atoms with E-state index in [9.17, 15) is 4.79 Å². The van der Waals surface area contributed by atoms with Gasteiger partial charge in [0.05, 0.1) is 0 Å². The highest BCUT2D eigenvalue weighted by Gasteiger charge is 2.10. The molecule has 0 radical (unpaired) electrons. The number of aromatic amines is 2. The van der Waals surface area contributed by atoms with E-state index in [4.69, 9.17) is 8.94 Å². The number of fused-ring (bicyclic) bond motifs is 1. The van der Waals surface area contributed by atoms with Gasteiger partial charge in [0, 0.05) is 28.2 Å². The fourth-order valence-corrected chi connectivity index (χ4v) is 3.28. The minimum absolute atomic E-state index is 0.265. The maximum absolute atomic E-state index is 12.4. The maximum Gasteiger partial charge on any atom is 0.361 e. The molecule has 6 nitrogen and oxygen atoms in total. The third-order valence-corrected chi connectivity index (χ3v) is 4.62. The summed E-state index contributed by atoms with van der Waals surface area (Å²) in [6.07, 6.45) is 3.61. The van der Waals surface area contributed by atoms with Gasteiger partial charge in [-0.15, -0.1) is 0 Å². The second kappa shape index (κ2) is 6.28. The first-order valence-electron chi connectivity index (χ1n) is 8.72. The highest BCUT2D eigenvalue weighted by molar-refractivity contribution is 5.88. The number of para-hydroxylation sites is 1. The molecule has 0 atom stereocenters. The van der Waals surface area contributed by atoms with Crippen LogP contribution in [0.5, 0.6) is 0 Å². The zero-order valence-corrected chi connectivity index (χ0v) is 14.7. The van der Waals surface area contributed by atoms with E-state index in [0.29, 0.717) is 21.7 Å². The van der Waals surface area contributed by atoms with Crippen LogP contribution in [-0.4, -0.2) is 15.1 Å². The van der Waals surface area contributed by atoms with Crippen LogP contribution in [0.3, 0.4) is 0 Å². The monoisotopic (exact) mass is 369 g/mol. The first kappa shape index (κ1) is 16.1. The average molecular weight is 369 g/mol. The molecule has 2 aromatic carbocycles. The summed E-state index contributed by atoms with van der Waals surface area (Å²) >= 11 is 0. The van der Waals surface area contributed by atoms with Crippen molar-refractivity contribution in [2.45, 2.75) is 0 Å². The molecule has 5 rings (SSSR count). The van der Waals surface area contributed by atoms with Gasteiger partial charge < -0.3 is 18.9 Å². The molecule has 2 N–H and O–H groups in total. The standard InChI is InChI=1S/C22H15N3O3/c1-13-19(20(25-28-13)14-7-3-2-4-8-14)21-24-18(22(26)27-21)11-15-12-23-17-10-6-5-9-16(15)17/h2-12,23-24H,1H2/b18-11-,21-19?. The van der Waals surface area contributed by atoms with Gasteiger partial charge in [0.1, 0.15) is 16.3 Å². The molecule has 0 amide bonds. The first-order chi connectivity index (χ1) is 13.7. The van der Waals surface area contributed by atoms with E-state index in [0.717, 1.165) is 22.0 Å². The van der Waals surface area contributed by atoms with E-state index in [1.54, 1.807) is 6.08 Å². The molecule has 0 saturated carbocycles. The Morgan fingerprint density at radius 2 is 1.82 bits per heavy atom. The van der Waals surface area contributed by atoms with Crippen LogP contribution < -0.4 is 16.4 Å². The minimum Gasteiger partial charge on any atom is -0.404 e. The molecule has 0 saturated heterocycles. The van der Waals surface area contributed by atoms with Crippen molar-refractivity contribution in [3.63, 3.8) is 0 Å². The minimum atomic E-state index is -0.472. The zero-order valence-electron chi connectivity index (χ0n) is 14.7. The lowest BCUT2D eigenvalue weighted by Crippen LogP contribution is -2.20. The van der Waals surface area contributed by atoms with Crippen LogP contribution in [0.2, 0.25) is 0 Å². The van der Waals surface area contributed by atoms with Crippen molar-refractivity contribution in [2.75, 3.05) is 0 Å². The fraction of sp³-hybridized carbons (Fsp3) is 0. The molecule has 0 unspecified atom stereocenters. The van der Waals surface area contributed by atoms with Crippen LogP contribution in [0.15, 0.2) is 74.5 Å². The third-order valence-electron chi connectivity index (χ3n) is 4.62. The van der Waals surface area contributed by atoms with Gasteiger partial charge in [-0.1, -0.05) is 60.3 Å². The van der Waals surface area contributed by atoms with Crippen molar-refractivity contribution in [1.82, 2.24) is 15.1 Å². The Hall–Kier alpha value is -4.06. The summed E-state index contributed by atoms with van der Waals surface area (Å²) in [4.78, 5) is 18.7. The quantitative estimate of drug-likeness (QED) is 0.501. The summed E-state index contributed by atoms with van der Waals surface area (Å²) in [5.74, 6) is 0. The second-order valence-electron chi connectivity index (χ2n) is 6.39. The van der Waals surface area contributed by atoms with Gasteiger partial charge in [-0.3, -0.25) is 0 Å². The molecule has 0 aliphatic carbocycles. The number of hydrogen-bond donors (Lipinski definition) is 2. The van der Waals surface area contributed by atoms with Crippen molar-refractivity contribution in [3.8, 4) is 11.3 Å². The molecule has 6 heteroatoms. The SMILES string of the molecule is C=c1onc(-c2ccccc2)c1=c1[nH]/c(=C\c2c[nH]c3ccccc23)c(=O)o1. The number of rotatable bonds is 2. The van der Waals surface area contributed by atoms with Crippen LogP contribution in [-0.2, 0) is 0 Å². The van der Waals surface area contributed by atoms with E-state index in [2.05, 4.69) is 21.7 Å². The third kappa shape index (κ3) is 2.59. The molecule has 136 valence electrons. The van der Waals surface area contributed by atoms with Crippen LogP contribution >= 0.6 is 0 Å². The van der Waals surface area contributed by atoms with Crippen molar-refractivity contribution in [3.05, 3.63) is 98.3 Å². The van der Waals surface area contributed by atoms with E-state index >= 15 is 0 Å². The Bertz CT molecular complexity index is 1550. The van der Waals surface area contributed by atoms with Gasteiger partial charge in [-0.05, 0) is 12.1 Å². The van der Waals surface area contributed by atoms with Crippen molar-refractivity contribution < 1.29 is 8.94 Å². The normalized spacial score (nSPS) is 13.4. The largest absolute Gasteiger partial charge is 0.404 e. The molecule has 3 aromatic heterocycles. The number of oxazole rings is 1. The van der Waals surface area contributed by atoms with E-state index in [-0.39, 0.29) is 5.55 Å². The number of nitrogens with one attached hydrogen (secondary N) is 2.